The fourth-order valence-electron chi connectivity index (χ4n) is 7.00. The molecule has 0 heterocycles. The number of rotatable bonds is 7. The third-order valence-electron chi connectivity index (χ3n) is 8.41. The van der Waals surface area contributed by atoms with Crippen molar-refractivity contribution < 1.29 is 0 Å². The molecule has 0 radical (unpaired) electrons. The molecule has 2 saturated carbocycles. The second-order valence-electron chi connectivity index (χ2n) is 10.4. The molecule has 4 atom stereocenters. The van der Waals surface area contributed by atoms with Gasteiger partial charge >= 0.3 is 0 Å². The van der Waals surface area contributed by atoms with Gasteiger partial charge in [-0.05, 0) is 85.9 Å². The molecule has 182 valence electrons. The lowest BCUT2D eigenvalue weighted by Gasteiger charge is -2.38. The highest BCUT2D eigenvalue weighted by molar-refractivity contribution is 7.74. The highest BCUT2D eigenvalue weighted by atomic mass is 31.1. The van der Waals surface area contributed by atoms with E-state index in [1.165, 1.54) is 38.5 Å². The van der Waals surface area contributed by atoms with E-state index in [-0.39, 0.29) is 15.8 Å². The normalized spacial score (nSPS) is 23.9. The third-order valence-corrected chi connectivity index (χ3v) is 14.4. The first-order chi connectivity index (χ1) is 17.9. The van der Waals surface area contributed by atoms with E-state index < -0.39 is 0 Å². The van der Waals surface area contributed by atoms with Crippen LogP contribution in [0.3, 0.4) is 0 Å². The fourth-order valence-corrected chi connectivity index (χ4v) is 13.5. The van der Waals surface area contributed by atoms with Crippen LogP contribution in [0.1, 0.15) is 38.5 Å². The topological polar surface area (TPSA) is 0 Å². The Morgan fingerprint density at radius 1 is 0.361 bits per heavy atom. The highest BCUT2D eigenvalue weighted by Crippen LogP contribution is 2.59. The zero-order valence-electron chi connectivity index (χ0n) is 21.0. The highest BCUT2D eigenvalue weighted by Gasteiger charge is 2.46. The molecular weight excluding hydrogens is 470 g/mol. The van der Waals surface area contributed by atoms with Crippen LogP contribution >= 0.6 is 15.8 Å². The molecule has 0 nitrogen and oxygen atoms in total. The summed E-state index contributed by atoms with van der Waals surface area (Å²) in [6.45, 7) is 0. The van der Waals surface area contributed by atoms with Gasteiger partial charge in [0.2, 0.25) is 0 Å². The average molecular weight is 507 g/mol. The maximum Gasteiger partial charge on any atom is -0.00976 e. The summed E-state index contributed by atoms with van der Waals surface area (Å²) in [6, 6.07) is 45.9. The maximum absolute atomic E-state index is 2.40. The van der Waals surface area contributed by atoms with Gasteiger partial charge in [-0.25, -0.2) is 0 Å². The van der Waals surface area contributed by atoms with Crippen molar-refractivity contribution in [2.24, 2.45) is 11.8 Å². The molecule has 2 fully saturated rings. The van der Waals surface area contributed by atoms with Crippen LogP contribution in [0.15, 0.2) is 121 Å². The predicted octanol–water partition coefficient (Wildman–Crippen LogP) is 7.59. The SMILES string of the molecule is c1ccc(P(c2ccccc2)[C@@H]2CCCC2[C@H]2CCC[C@H]2P(c2ccccc2)c2ccccc2)cc1. The van der Waals surface area contributed by atoms with Crippen molar-refractivity contribution in [2.75, 3.05) is 0 Å². The summed E-state index contributed by atoms with van der Waals surface area (Å²) in [5, 5.41) is 6.27. The quantitative estimate of drug-likeness (QED) is 0.227. The fraction of sp³-hybridized carbons (Fsp3) is 0.294. The minimum atomic E-state index is -0.347. The average Bonchev–Trinajstić information content (AvgIpc) is 3.62. The Kier molecular flexibility index (Phi) is 7.65. The molecule has 0 saturated heterocycles. The molecule has 0 aliphatic heterocycles. The summed E-state index contributed by atoms with van der Waals surface area (Å²) in [4.78, 5) is 0. The monoisotopic (exact) mass is 506 g/mol. The summed E-state index contributed by atoms with van der Waals surface area (Å²) in [7, 11) is -0.694. The Balaban J connectivity index is 1.38. The van der Waals surface area contributed by atoms with Crippen LogP contribution in [0.2, 0.25) is 0 Å². The molecule has 36 heavy (non-hydrogen) atoms. The van der Waals surface area contributed by atoms with Crippen molar-refractivity contribution in [3.05, 3.63) is 121 Å². The van der Waals surface area contributed by atoms with E-state index >= 15 is 0 Å². The van der Waals surface area contributed by atoms with Crippen LogP contribution in [-0.2, 0) is 0 Å². The second-order valence-corrected chi connectivity index (χ2v) is 15.3. The Hall–Kier alpha value is -2.26. The molecule has 0 bridgehead atoms. The van der Waals surface area contributed by atoms with Gasteiger partial charge in [-0.2, -0.15) is 0 Å². The summed E-state index contributed by atoms with van der Waals surface area (Å²) in [5.74, 6) is 1.67. The van der Waals surface area contributed by atoms with Crippen molar-refractivity contribution in [1.82, 2.24) is 0 Å². The molecule has 4 aromatic rings. The van der Waals surface area contributed by atoms with Gasteiger partial charge in [0.15, 0.2) is 0 Å². The van der Waals surface area contributed by atoms with Crippen molar-refractivity contribution >= 4 is 37.1 Å². The van der Waals surface area contributed by atoms with Crippen molar-refractivity contribution in [3.8, 4) is 0 Å². The summed E-state index contributed by atoms with van der Waals surface area (Å²) < 4.78 is 0. The Morgan fingerprint density at radius 3 is 0.917 bits per heavy atom. The molecule has 2 aliphatic rings. The summed E-state index contributed by atoms with van der Waals surface area (Å²) in [5.41, 5.74) is 1.58. The van der Waals surface area contributed by atoms with Gasteiger partial charge in [0.25, 0.3) is 0 Å². The van der Waals surface area contributed by atoms with Crippen LogP contribution < -0.4 is 21.2 Å². The molecule has 0 aromatic heterocycles. The third kappa shape index (κ3) is 4.96. The smallest absolute Gasteiger partial charge is 0.00976 e. The Labute approximate surface area is 219 Å². The van der Waals surface area contributed by atoms with Gasteiger partial charge in [-0.15, -0.1) is 0 Å². The van der Waals surface area contributed by atoms with Crippen LogP contribution in [0.25, 0.3) is 0 Å². The number of hydrogen-bond acceptors (Lipinski definition) is 0. The van der Waals surface area contributed by atoms with Gasteiger partial charge in [0, 0.05) is 0 Å². The molecule has 2 heteroatoms. The molecule has 6 rings (SSSR count). The van der Waals surface area contributed by atoms with Crippen LogP contribution in [0.5, 0.6) is 0 Å². The maximum atomic E-state index is 2.40. The van der Waals surface area contributed by atoms with Gasteiger partial charge in [-0.1, -0.05) is 134 Å². The van der Waals surface area contributed by atoms with Crippen molar-refractivity contribution in [3.63, 3.8) is 0 Å². The molecule has 0 amide bonds. The largest absolute Gasteiger partial charge is 0.0622 e. The zero-order chi connectivity index (χ0) is 24.2. The van der Waals surface area contributed by atoms with E-state index in [0.717, 1.165) is 23.2 Å². The predicted molar refractivity (Wildman–Crippen MR) is 160 cm³/mol. The number of benzene rings is 4. The minimum absolute atomic E-state index is 0.347. The lowest BCUT2D eigenvalue weighted by atomic mass is 9.89. The first-order valence-corrected chi connectivity index (χ1v) is 16.5. The lowest BCUT2D eigenvalue weighted by Crippen LogP contribution is -2.34. The van der Waals surface area contributed by atoms with E-state index in [1.54, 1.807) is 21.2 Å². The molecule has 4 aromatic carbocycles. The molecule has 0 N–H and O–H groups in total. The Bertz CT molecular complexity index is 1030. The van der Waals surface area contributed by atoms with E-state index in [9.17, 15) is 0 Å². The Morgan fingerprint density at radius 2 is 0.639 bits per heavy atom. The van der Waals surface area contributed by atoms with E-state index in [4.69, 9.17) is 0 Å². The van der Waals surface area contributed by atoms with Crippen LogP contribution in [0, 0.1) is 11.8 Å². The van der Waals surface area contributed by atoms with E-state index in [1.807, 2.05) is 0 Å². The summed E-state index contributed by atoms with van der Waals surface area (Å²) >= 11 is 0. The minimum Gasteiger partial charge on any atom is -0.0622 e. The number of hydrogen-bond donors (Lipinski definition) is 0. The van der Waals surface area contributed by atoms with E-state index in [2.05, 4.69) is 121 Å². The van der Waals surface area contributed by atoms with Gasteiger partial charge in [0.1, 0.15) is 0 Å². The second kappa shape index (κ2) is 11.4. The van der Waals surface area contributed by atoms with Crippen LogP contribution in [-0.4, -0.2) is 11.3 Å². The first kappa shape index (κ1) is 24.1. The standard InChI is InChI=1S/C34H36P2/c1-5-15-27(16-6-1)35(28-17-7-2-8-18-28)33-25-13-23-31(33)32-24-14-26-34(32)36(29-19-9-3-10-20-29)30-21-11-4-12-22-30/h1-12,15-22,31-34H,13-14,23-26H2/t31-,32?,33-,34-/m1/s1. The van der Waals surface area contributed by atoms with Crippen LogP contribution in [0.4, 0.5) is 0 Å². The zero-order valence-corrected chi connectivity index (χ0v) is 22.8. The molecule has 1 unspecified atom stereocenters. The van der Waals surface area contributed by atoms with E-state index in [0.29, 0.717) is 0 Å². The van der Waals surface area contributed by atoms with Crippen molar-refractivity contribution in [1.29, 1.82) is 0 Å². The van der Waals surface area contributed by atoms with Gasteiger partial charge in [0.05, 0.1) is 0 Å². The van der Waals surface area contributed by atoms with Gasteiger partial charge < -0.3 is 0 Å². The summed E-state index contributed by atoms with van der Waals surface area (Å²) in [6.07, 6.45) is 8.39. The molecule has 0 spiro atoms. The molecule has 2 aliphatic carbocycles. The molecular formula is C34H36P2. The van der Waals surface area contributed by atoms with Gasteiger partial charge in [-0.3, -0.25) is 0 Å². The first-order valence-electron chi connectivity index (χ1n) is 13.7. The van der Waals surface area contributed by atoms with Crippen molar-refractivity contribution in [2.45, 2.75) is 49.8 Å². The lowest BCUT2D eigenvalue weighted by molar-refractivity contribution is 0.358.